The number of fused-ring (bicyclic) bond motifs is 2. The van der Waals surface area contributed by atoms with Crippen molar-refractivity contribution in [2.75, 3.05) is 11.9 Å². The van der Waals surface area contributed by atoms with Crippen molar-refractivity contribution in [3.63, 3.8) is 0 Å². The van der Waals surface area contributed by atoms with Gasteiger partial charge in [-0.2, -0.15) is 18.3 Å². The van der Waals surface area contributed by atoms with Crippen LogP contribution in [0.3, 0.4) is 0 Å². The van der Waals surface area contributed by atoms with Crippen LogP contribution in [0.2, 0.25) is 0 Å². The van der Waals surface area contributed by atoms with Gasteiger partial charge in [0.05, 0.1) is 18.7 Å². The molecule has 1 fully saturated rings. The van der Waals surface area contributed by atoms with Crippen molar-refractivity contribution < 1.29 is 22.7 Å². The van der Waals surface area contributed by atoms with E-state index in [-0.39, 0.29) is 18.0 Å². The Morgan fingerprint density at radius 2 is 2.00 bits per heavy atom. The maximum Gasteiger partial charge on any atom is 0.433 e. The second kappa shape index (κ2) is 8.66. The van der Waals surface area contributed by atoms with E-state index in [0.717, 1.165) is 36.6 Å². The molecule has 2 atom stereocenters. The number of nitrogens with one attached hydrogen (secondary N) is 3. The Labute approximate surface area is 188 Å². The number of aromatic amines is 1. The molecule has 10 heteroatoms. The predicted octanol–water partition coefficient (Wildman–Crippen LogP) is 4.20. The number of benzene rings is 1. The Hall–Kier alpha value is -3.14. The van der Waals surface area contributed by atoms with Crippen molar-refractivity contribution in [3.05, 3.63) is 53.0 Å². The average molecular weight is 459 g/mol. The van der Waals surface area contributed by atoms with Gasteiger partial charge in [0.1, 0.15) is 5.69 Å². The zero-order chi connectivity index (χ0) is 23.0. The first-order valence-corrected chi connectivity index (χ1v) is 11.1. The number of alkyl halides is 3. The fourth-order valence-corrected chi connectivity index (χ4v) is 4.67. The molecule has 3 aromatic rings. The Morgan fingerprint density at radius 1 is 1.18 bits per heavy atom. The van der Waals surface area contributed by atoms with Crippen LogP contribution in [-0.4, -0.2) is 39.8 Å². The number of aromatic nitrogens is 3. The van der Waals surface area contributed by atoms with Gasteiger partial charge in [0.2, 0.25) is 0 Å². The van der Waals surface area contributed by atoms with Crippen molar-refractivity contribution >= 4 is 22.5 Å². The van der Waals surface area contributed by atoms with Gasteiger partial charge >= 0.3 is 6.18 Å². The molecule has 0 unspecified atom stereocenters. The minimum Gasteiger partial charge on any atom is -0.382 e. The van der Waals surface area contributed by atoms with Gasteiger partial charge in [0, 0.05) is 40.8 Å². The fourth-order valence-electron chi connectivity index (χ4n) is 4.67. The Balaban J connectivity index is 1.31. The van der Waals surface area contributed by atoms with Crippen LogP contribution in [0.5, 0.6) is 0 Å². The zero-order valence-corrected chi connectivity index (χ0v) is 17.8. The number of pyridine rings is 1. The summed E-state index contributed by atoms with van der Waals surface area (Å²) in [5, 5.41) is 14.1. The number of nitrogens with zero attached hydrogens (tertiary/aromatic N) is 2. The highest BCUT2D eigenvalue weighted by atomic mass is 19.4. The van der Waals surface area contributed by atoms with Crippen LogP contribution in [0.4, 0.5) is 18.9 Å². The predicted molar refractivity (Wildman–Crippen MR) is 116 cm³/mol. The van der Waals surface area contributed by atoms with Crippen LogP contribution in [0.25, 0.3) is 10.9 Å². The minimum absolute atomic E-state index is 0.0765. The molecule has 174 valence electrons. The molecule has 3 heterocycles. The summed E-state index contributed by atoms with van der Waals surface area (Å²) in [5.74, 6) is -0.252. The summed E-state index contributed by atoms with van der Waals surface area (Å²) in [5.41, 5.74) is 1.86. The van der Waals surface area contributed by atoms with Crippen molar-refractivity contribution in [2.45, 2.75) is 57.0 Å². The average Bonchev–Trinajstić information content (AvgIpc) is 3.23. The zero-order valence-electron chi connectivity index (χ0n) is 17.8. The maximum absolute atomic E-state index is 13.4. The number of para-hydroxylation sites is 1. The number of carbonyl (C=O) groups is 1. The number of H-pyrrole nitrogens is 1. The van der Waals surface area contributed by atoms with Crippen LogP contribution in [0, 0.1) is 0 Å². The van der Waals surface area contributed by atoms with Gasteiger partial charge in [-0.3, -0.25) is 9.89 Å². The lowest BCUT2D eigenvalue weighted by Gasteiger charge is -2.31. The van der Waals surface area contributed by atoms with E-state index in [2.05, 4.69) is 25.8 Å². The van der Waals surface area contributed by atoms with Gasteiger partial charge in [-0.15, -0.1) is 0 Å². The summed E-state index contributed by atoms with van der Waals surface area (Å²) >= 11 is 0. The molecule has 5 rings (SSSR count). The van der Waals surface area contributed by atoms with E-state index in [1.165, 1.54) is 0 Å². The lowest BCUT2D eigenvalue weighted by atomic mass is 9.90. The van der Waals surface area contributed by atoms with E-state index < -0.39 is 11.9 Å². The third-order valence-electron chi connectivity index (χ3n) is 6.29. The van der Waals surface area contributed by atoms with E-state index in [1.54, 1.807) is 24.3 Å². The number of anilines is 1. The smallest absolute Gasteiger partial charge is 0.382 e. The fraction of sp³-hybridized carbons (Fsp3) is 0.435. The Morgan fingerprint density at radius 3 is 2.85 bits per heavy atom. The summed E-state index contributed by atoms with van der Waals surface area (Å²) in [4.78, 5) is 16.6. The Bertz CT molecular complexity index is 1180. The minimum atomic E-state index is -4.53. The van der Waals surface area contributed by atoms with E-state index in [1.807, 2.05) is 0 Å². The quantitative estimate of drug-likeness (QED) is 0.544. The van der Waals surface area contributed by atoms with E-state index >= 15 is 0 Å². The van der Waals surface area contributed by atoms with Crippen molar-refractivity contribution in [1.29, 1.82) is 0 Å². The summed E-state index contributed by atoms with van der Waals surface area (Å²) in [6.07, 6.45) is -0.777. The molecule has 1 saturated carbocycles. The normalized spacial score (nSPS) is 20.9. The SMILES string of the molecule is O=C(N[C@@H]1CCC[C@H](Nc2cc(C(F)(F)F)nc3ccccc23)C1)c1n[nH]c2c1COCC2. The third-order valence-corrected chi connectivity index (χ3v) is 6.29. The topological polar surface area (TPSA) is 91.9 Å². The number of hydrogen-bond donors (Lipinski definition) is 3. The van der Waals surface area contributed by atoms with Gasteiger partial charge in [0.15, 0.2) is 5.69 Å². The highest BCUT2D eigenvalue weighted by molar-refractivity contribution is 5.94. The van der Waals surface area contributed by atoms with Crippen molar-refractivity contribution in [1.82, 2.24) is 20.5 Å². The molecule has 3 N–H and O–H groups in total. The van der Waals surface area contributed by atoms with Gasteiger partial charge in [-0.25, -0.2) is 4.98 Å². The van der Waals surface area contributed by atoms with Crippen LogP contribution >= 0.6 is 0 Å². The molecule has 1 aromatic carbocycles. The molecule has 1 amide bonds. The molecule has 2 aliphatic rings. The number of rotatable bonds is 4. The molecule has 7 nitrogen and oxygen atoms in total. The number of carbonyl (C=O) groups excluding carboxylic acids is 1. The second-order valence-electron chi connectivity index (χ2n) is 8.58. The second-order valence-corrected chi connectivity index (χ2v) is 8.58. The largest absolute Gasteiger partial charge is 0.433 e. The number of halogens is 3. The molecular formula is C23H24F3N5O2. The highest BCUT2D eigenvalue weighted by Crippen LogP contribution is 2.34. The van der Waals surface area contributed by atoms with Crippen LogP contribution in [0.15, 0.2) is 30.3 Å². The summed E-state index contributed by atoms with van der Waals surface area (Å²) in [7, 11) is 0. The number of amides is 1. The lowest BCUT2D eigenvalue weighted by molar-refractivity contribution is -0.140. The van der Waals surface area contributed by atoms with Gasteiger partial charge < -0.3 is 15.4 Å². The molecule has 0 radical (unpaired) electrons. The van der Waals surface area contributed by atoms with Crippen molar-refractivity contribution in [2.24, 2.45) is 0 Å². The van der Waals surface area contributed by atoms with Crippen LogP contribution in [0.1, 0.15) is 53.1 Å². The standard InChI is InChI=1S/C23H24F3N5O2/c24-23(25,26)20-11-19(15-6-1-2-7-17(15)29-20)27-13-4-3-5-14(10-13)28-22(32)21-16-12-33-9-8-18(16)30-31-21/h1-2,6-7,11,13-14H,3-5,8-10,12H2,(H,27,29)(H,28,32)(H,30,31)/t13-,14+/m0/s1. The van der Waals surface area contributed by atoms with Gasteiger partial charge in [-0.05, 0) is 37.8 Å². The summed E-state index contributed by atoms with van der Waals surface area (Å²) in [6.45, 7) is 0.964. The third kappa shape index (κ3) is 4.52. The molecule has 0 saturated heterocycles. The number of hydrogen-bond acceptors (Lipinski definition) is 5. The Kier molecular flexibility index (Phi) is 5.69. The van der Waals surface area contributed by atoms with E-state index in [4.69, 9.17) is 4.74 Å². The van der Waals surface area contributed by atoms with Crippen LogP contribution in [-0.2, 0) is 23.9 Å². The summed E-state index contributed by atoms with van der Waals surface area (Å²) in [6, 6.07) is 7.68. The molecule has 2 aromatic heterocycles. The molecule has 33 heavy (non-hydrogen) atoms. The molecule has 0 spiro atoms. The first-order valence-electron chi connectivity index (χ1n) is 11.1. The maximum atomic E-state index is 13.4. The molecular weight excluding hydrogens is 435 g/mol. The molecule has 0 bridgehead atoms. The molecule has 1 aliphatic heterocycles. The monoisotopic (exact) mass is 459 g/mol. The van der Waals surface area contributed by atoms with Crippen molar-refractivity contribution in [3.8, 4) is 0 Å². The summed E-state index contributed by atoms with van der Waals surface area (Å²) < 4.78 is 45.6. The highest BCUT2D eigenvalue weighted by Gasteiger charge is 2.34. The van der Waals surface area contributed by atoms with Crippen LogP contribution < -0.4 is 10.6 Å². The molecule has 1 aliphatic carbocycles. The van der Waals surface area contributed by atoms with E-state index in [0.29, 0.717) is 48.3 Å². The van der Waals surface area contributed by atoms with Gasteiger partial charge in [0.25, 0.3) is 5.91 Å². The van der Waals surface area contributed by atoms with Gasteiger partial charge in [-0.1, -0.05) is 18.2 Å². The number of ether oxygens (including phenoxy) is 1. The first kappa shape index (κ1) is 21.7. The lowest BCUT2D eigenvalue weighted by Crippen LogP contribution is -2.42. The first-order chi connectivity index (χ1) is 15.9. The van der Waals surface area contributed by atoms with E-state index in [9.17, 15) is 18.0 Å².